The van der Waals surface area contributed by atoms with Crippen molar-refractivity contribution in [2.75, 3.05) is 84.1 Å². The summed E-state index contributed by atoms with van der Waals surface area (Å²) in [6.45, 7) is 8.62. The summed E-state index contributed by atoms with van der Waals surface area (Å²) >= 11 is 0. The topological polar surface area (TPSA) is 116 Å². The second-order valence-electron chi connectivity index (χ2n) is 14.1. The Balaban J connectivity index is 1.09. The maximum Gasteiger partial charge on any atom is 0.317 e. The van der Waals surface area contributed by atoms with Gasteiger partial charge in [-0.3, -0.25) is 14.2 Å². The fourth-order valence-corrected chi connectivity index (χ4v) is 8.07. The Hall–Kier alpha value is -4.08. The molecular weight excluding hydrogens is 658 g/mol. The SMILES string of the molecule is CNC(=O)N1CCc2c(c(N3CCCc4cc(-c5cnn(C)c5)c(C(F)F)cc43)nn2C2CCN(C(=O)COCCCN3CCNCC3)CC2)C1. The van der Waals surface area contributed by atoms with Crippen LogP contribution in [-0.4, -0.2) is 125 Å². The standard InChI is InChI=1S/C36H50F2N10O3/c1-39-36(50)46-15-8-31-30(23-46)35(47-12-3-5-25-19-28(26-21-41-43(2)22-26)29(34(37)38)20-32(25)47)42-48(31)27-6-13-45(14-7-27)33(49)24-51-18-4-11-44-16-9-40-10-17-44/h19-22,27,34,40H,3-18,23-24H2,1-2H3,(H,39,50). The Labute approximate surface area is 297 Å². The van der Waals surface area contributed by atoms with E-state index >= 15 is 0 Å². The van der Waals surface area contributed by atoms with E-state index in [0.29, 0.717) is 56.9 Å². The minimum Gasteiger partial charge on any atom is -0.372 e. The van der Waals surface area contributed by atoms with Crippen LogP contribution in [0.4, 0.5) is 25.1 Å². The second-order valence-corrected chi connectivity index (χ2v) is 14.1. The fraction of sp³-hybridized carbons (Fsp3) is 0.611. The number of nitrogens with one attached hydrogen (secondary N) is 2. The first-order valence-electron chi connectivity index (χ1n) is 18.4. The number of hydrogen-bond acceptors (Lipinski definition) is 8. The van der Waals surface area contributed by atoms with E-state index in [1.54, 1.807) is 42.1 Å². The number of amides is 3. The molecule has 2 saturated heterocycles. The Bertz CT molecular complexity index is 1700. The van der Waals surface area contributed by atoms with Gasteiger partial charge >= 0.3 is 6.03 Å². The number of carbonyl (C=O) groups excluding carboxylic acids is 2. The van der Waals surface area contributed by atoms with Gasteiger partial charge in [-0.15, -0.1) is 0 Å². The number of ether oxygens (including phenoxy) is 1. The second kappa shape index (κ2) is 15.7. The van der Waals surface area contributed by atoms with E-state index in [1.165, 1.54) is 0 Å². The molecule has 0 saturated carbocycles. The summed E-state index contributed by atoms with van der Waals surface area (Å²) in [4.78, 5) is 34.0. The Kier molecular flexibility index (Phi) is 10.8. The van der Waals surface area contributed by atoms with Gasteiger partial charge in [0.2, 0.25) is 5.91 Å². The molecule has 4 aliphatic rings. The van der Waals surface area contributed by atoms with Crippen molar-refractivity contribution >= 4 is 23.4 Å². The lowest BCUT2D eigenvalue weighted by Gasteiger charge is -2.34. The molecular formula is C36H50F2N10O3. The molecule has 276 valence electrons. The average molecular weight is 709 g/mol. The monoisotopic (exact) mass is 708 g/mol. The summed E-state index contributed by atoms with van der Waals surface area (Å²) in [5.74, 6) is 0.743. The van der Waals surface area contributed by atoms with Crippen LogP contribution in [0.1, 0.15) is 60.5 Å². The van der Waals surface area contributed by atoms with E-state index in [0.717, 1.165) is 93.2 Å². The van der Waals surface area contributed by atoms with Gasteiger partial charge < -0.3 is 35.0 Å². The molecule has 6 heterocycles. The molecule has 0 radical (unpaired) electrons. The Morgan fingerprint density at radius 2 is 1.86 bits per heavy atom. The van der Waals surface area contributed by atoms with E-state index in [9.17, 15) is 18.4 Å². The molecule has 0 aliphatic carbocycles. The molecule has 15 heteroatoms. The number of aromatic nitrogens is 4. The number of piperazine rings is 1. The van der Waals surface area contributed by atoms with Crippen molar-refractivity contribution in [3.05, 3.63) is 46.9 Å². The van der Waals surface area contributed by atoms with Crippen LogP contribution in [0.3, 0.4) is 0 Å². The number of hydrogen-bond donors (Lipinski definition) is 2. The highest BCUT2D eigenvalue weighted by molar-refractivity contribution is 5.79. The zero-order chi connectivity index (χ0) is 35.5. The quantitative estimate of drug-likeness (QED) is 0.308. The van der Waals surface area contributed by atoms with Gasteiger partial charge in [0.25, 0.3) is 6.43 Å². The summed E-state index contributed by atoms with van der Waals surface area (Å²) in [5.41, 5.74) is 4.90. The van der Waals surface area contributed by atoms with E-state index in [1.807, 2.05) is 11.0 Å². The van der Waals surface area contributed by atoms with Gasteiger partial charge in [0, 0.05) is 120 Å². The number of nitrogens with zero attached hydrogens (tertiary/aromatic N) is 8. The molecule has 2 fully saturated rings. The number of fused-ring (bicyclic) bond motifs is 2. The van der Waals surface area contributed by atoms with Gasteiger partial charge in [-0.2, -0.15) is 10.2 Å². The van der Waals surface area contributed by atoms with Crippen molar-refractivity contribution in [3.8, 4) is 11.1 Å². The molecule has 3 aromatic rings. The number of halogens is 2. The van der Waals surface area contributed by atoms with Gasteiger partial charge in [0.15, 0.2) is 5.82 Å². The zero-order valence-electron chi connectivity index (χ0n) is 29.8. The summed E-state index contributed by atoms with van der Waals surface area (Å²) in [6, 6.07) is 3.45. The highest BCUT2D eigenvalue weighted by Gasteiger charge is 2.35. The lowest BCUT2D eigenvalue weighted by Crippen LogP contribution is -2.44. The van der Waals surface area contributed by atoms with E-state index < -0.39 is 6.43 Å². The van der Waals surface area contributed by atoms with E-state index in [4.69, 9.17) is 9.84 Å². The molecule has 0 unspecified atom stereocenters. The number of urea groups is 1. The van der Waals surface area contributed by atoms with Crippen molar-refractivity contribution < 1.29 is 23.1 Å². The number of carbonyl (C=O) groups is 2. The molecule has 13 nitrogen and oxygen atoms in total. The predicted molar refractivity (Wildman–Crippen MR) is 189 cm³/mol. The highest BCUT2D eigenvalue weighted by Crippen LogP contribution is 2.43. The minimum absolute atomic E-state index is 0.0189. The van der Waals surface area contributed by atoms with Crippen LogP contribution < -0.4 is 15.5 Å². The van der Waals surface area contributed by atoms with Crippen molar-refractivity contribution in [3.63, 3.8) is 0 Å². The molecule has 51 heavy (non-hydrogen) atoms. The molecule has 0 atom stereocenters. The van der Waals surface area contributed by atoms with Crippen LogP contribution in [0.15, 0.2) is 24.5 Å². The fourth-order valence-electron chi connectivity index (χ4n) is 8.07. The number of alkyl halides is 2. The van der Waals surface area contributed by atoms with Crippen molar-refractivity contribution in [2.24, 2.45) is 7.05 Å². The summed E-state index contributed by atoms with van der Waals surface area (Å²) in [6.07, 6.45) is 5.39. The first-order chi connectivity index (χ1) is 24.8. The third-order valence-corrected chi connectivity index (χ3v) is 10.8. The summed E-state index contributed by atoms with van der Waals surface area (Å²) in [7, 11) is 3.41. The number of piperidine rings is 1. The zero-order valence-corrected chi connectivity index (χ0v) is 29.8. The molecule has 4 aliphatic heterocycles. The molecule has 0 spiro atoms. The van der Waals surface area contributed by atoms with Gasteiger partial charge in [-0.1, -0.05) is 0 Å². The van der Waals surface area contributed by atoms with Crippen LogP contribution in [-0.2, 0) is 36.0 Å². The summed E-state index contributed by atoms with van der Waals surface area (Å²) < 4.78 is 38.8. The maximum absolute atomic E-state index is 14.6. The summed E-state index contributed by atoms with van der Waals surface area (Å²) in [5, 5.41) is 15.6. The third kappa shape index (κ3) is 7.61. The van der Waals surface area contributed by atoms with Crippen molar-refractivity contribution in [2.45, 2.75) is 57.5 Å². The van der Waals surface area contributed by atoms with E-state index in [2.05, 4.69) is 30.2 Å². The number of benzene rings is 1. The van der Waals surface area contributed by atoms with Crippen LogP contribution in [0, 0.1) is 0 Å². The predicted octanol–water partition coefficient (Wildman–Crippen LogP) is 3.48. The first-order valence-corrected chi connectivity index (χ1v) is 18.4. The Morgan fingerprint density at radius 3 is 2.59 bits per heavy atom. The van der Waals surface area contributed by atoms with Gasteiger partial charge in [0.05, 0.1) is 18.8 Å². The van der Waals surface area contributed by atoms with Crippen LogP contribution >= 0.6 is 0 Å². The lowest BCUT2D eigenvalue weighted by molar-refractivity contribution is -0.137. The largest absolute Gasteiger partial charge is 0.372 e. The molecule has 2 N–H and O–H groups in total. The first kappa shape index (κ1) is 35.3. The molecule has 2 aromatic heterocycles. The number of rotatable bonds is 10. The van der Waals surface area contributed by atoms with Crippen LogP contribution in [0.5, 0.6) is 0 Å². The van der Waals surface area contributed by atoms with E-state index in [-0.39, 0.29) is 30.2 Å². The van der Waals surface area contributed by atoms with Gasteiger partial charge in [0.1, 0.15) is 6.61 Å². The van der Waals surface area contributed by atoms with Crippen LogP contribution in [0.25, 0.3) is 11.1 Å². The molecule has 7 rings (SSSR count). The number of likely N-dealkylation sites (tertiary alicyclic amines) is 1. The molecule has 1 aromatic carbocycles. The number of aryl methyl sites for hydroxylation is 2. The lowest BCUT2D eigenvalue weighted by atomic mass is 9.92. The average Bonchev–Trinajstić information content (AvgIpc) is 3.77. The molecule has 0 bridgehead atoms. The third-order valence-electron chi connectivity index (χ3n) is 10.8. The maximum atomic E-state index is 14.6. The number of anilines is 2. The molecule has 3 amide bonds. The van der Waals surface area contributed by atoms with Gasteiger partial charge in [-0.05, 0) is 55.4 Å². The smallest absolute Gasteiger partial charge is 0.317 e. The highest BCUT2D eigenvalue weighted by atomic mass is 19.3. The van der Waals surface area contributed by atoms with Crippen molar-refractivity contribution in [1.29, 1.82) is 0 Å². The minimum atomic E-state index is -2.67. The normalized spacial score (nSPS) is 18.6. The van der Waals surface area contributed by atoms with Crippen molar-refractivity contribution in [1.82, 2.24) is 44.9 Å². The Morgan fingerprint density at radius 1 is 1.06 bits per heavy atom. The van der Waals surface area contributed by atoms with Crippen LogP contribution in [0.2, 0.25) is 0 Å². The van der Waals surface area contributed by atoms with Gasteiger partial charge in [-0.25, -0.2) is 13.6 Å².